The largest absolute Gasteiger partial charge is 0.349 e. The maximum Gasteiger partial charge on any atom is 0.251 e. The fraction of sp³-hybridized carbons (Fsp3) is 0.600. The van der Waals surface area contributed by atoms with Crippen LogP contribution in [0.3, 0.4) is 0 Å². The zero-order valence-corrected chi connectivity index (χ0v) is 10.8. The highest BCUT2D eigenvalue weighted by Gasteiger charge is 2.42. The van der Waals surface area contributed by atoms with Crippen molar-refractivity contribution in [2.45, 2.75) is 38.6 Å². The van der Waals surface area contributed by atoms with E-state index in [2.05, 4.69) is 17.2 Å². The van der Waals surface area contributed by atoms with Crippen molar-refractivity contribution in [3.63, 3.8) is 0 Å². The number of nitrogens with one attached hydrogen (secondary N) is 1. The average molecular weight is 244 g/mol. The highest BCUT2D eigenvalue weighted by Crippen LogP contribution is 2.49. The molecule has 0 aliphatic heterocycles. The van der Waals surface area contributed by atoms with Crippen molar-refractivity contribution in [2.24, 2.45) is 17.8 Å². The monoisotopic (exact) mass is 244 g/mol. The first-order chi connectivity index (χ1) is 8.74. The molecule has 0 unspecified atom stereocenters. The van der Waals surface area contributed by atoms with Crippen LogP contribution in [0.1, 0.15) is 43.0 Å². The van der Waals surface area contributed by atoms with Crippen molar-refractivity contribution in [3.8, 4) is 0 Å². The van der Waals surface area contributed by atoms with Crippen LogP contribution in [0.25, 0.3) is 0 Å². The molecule has 18 heavy (non-hydrogen) atoms. The Morgan fingerprint density at radius 3 is 2.72 bits per heavy atom. The first kappa shape index (κ1) is 11.7. The van der Waals surface area contributed by atoms with Crippen LogP contribution in [-0.4, -0.2) is 16.9 Å². The van der Waals surface area contributed by atoms with Gasteiger partial charge in [-0.2, -0.15) is 0 Å². The first-order valence-corrected chi connectivity index (χ1v) is 6.95. The molecular formula is C15H20N2O. The van der Waals surface area contributed by atoms with Gasteiger partial charge in [-0.1, -0.05) is 6.42 Å². The summed E-state index contributed by atoms with van der Waals surface area (Å²) >= 11 is 0. The number of amides is 1. The summed E-state index contributed by atoms with van der Waals surface area (Å²) < 4.78 is 0. The predicted molar refractivity (Wildman–Crippen MR) is 70.1 cm³/mol. The van der Waals surface area contributed by atoms with Gasteiger partial charge < -0.3 is 5.32 Å². The van der Waals surface area contributed by atoms with E-state index in [1.54, 1.807) is 24.5 Å². The molecule has 96 valence electrons. The summed E-state index contributed by atoms with van der Waals surface area (Å²) in [6, 6.07) is 3.83. The molecule has 0 saturated heterocycles. The van der Waals surface area contributed by atoms with E-state index in [1.165, 1.54) is 25.7 Å². The smallest absolute Gasteiger partial charge is 0.251 e. The minimum absolute atomic E-state index is 0.0349. The predicted octanol–water partition coefficient (Wildman–Crippen LogP) is 2.64. The van der Waals surface area contributed by atoms with Gasteiger partial charge in [0.05, 0.1) is 0 Å². The Kier molecular flexibility index (Phi) is 3.06. The van der Waals surface area contributed by atoms with Crippen molar-refractivity contribution < 1.29 is 4.79 Å². The minimum atomic E-state index is 0.0349. The molecular weight excluding hydrogens is 224 g/mol. The second-order valence-corrected chi connectivity index (χ2v) is 5.84. The molecule has 0 spiro atoms. The topological polar surface area (TPSA) is 42.0 Å². The number of aromatic nitrogens is 1. The Balaban J connectivity index is 1.61. The number of pyridine rings is 1. The Morgan fingerprint density at radius 2 is 2.11 bits per heavy atom. The van der Waals surface area contributed by atoms with Crippen molar-refractivity contribution in [1.29, 1.82) is 0 Å². The van der Waals surface area contributed by atoms with Gasteiger partial charge in [0.1, 0.15) is 0 Å². The van der Waals surface area contributed by atoms with Crippen LogP contribution in [0, 0.1) is 17.8 Å². The van der Waals surface area contributed by atoms with Crippen LogP contribution in [0.15, 0.2) is 24.5 Å². The molecule has 2 fully saturated rings. The maximum atomic E-state index is 12.1. The molecule has 2 aliphatic carbocycles. The van der Waals surface area contributed by atoms with Gasteiger partial charge in [-0.25, -0.2) is 0 Å². The van der Waals surface area contributed by atoms with E-state index in [4.69, 9.17) is 0 Å². The third-order valence-corrected chi connectivity index (χ3v) is 4.74. The Morgan fingerprint density at radius 1 is 1.33 bits per heavy atom. The van der Waals surface area contributed by atoms with Gasteiger partial charge in [0.2, 0.25) is 0 Å². The highest BCUT2D eigenvalue weighted by atomic mass is 16.1. The second-order valence-electron chi connectivity index (χ2n) is 5.84. The normalized spacial score (nSPS) is 31.3. The standard InChI is InChI=1S/C15H20N2O/c1-10(14-9-11-2-3-13(14)8-11)17-15(18)12-4-6-16-7-5-12/h4-7,10-11,13-14H,2-3,8-9H2,1H3,(H,17,18)/t10-,11-,13-,14-/m0/s1. The minimum Gasteiger partial charge on any atom is -0.349 e. The molecule has 2 bridgehead atoms. The van der Waals surface area contributed by atoms with E-state index >= 15 is 0 Å². The van der Waals surface area contributed by atoms with Crippen LogP contribution in [0.4, 0.5) is 0 Å². The molecule has 1 aromatic heterocycles. The molecule has 4 atom stereocenters. The summed E-state index contributed by atoms with van der Waals surface area (Å²) in [6.07, 6.45) is 8.80. The SMILES string of the molecule is C[C@H](NC(=O)c1ccncc1)[C@@H]1C[C@H]2CC[C@H]1C2. The summed E-state index contributed by atoms with van der Waals surface area (Å²) in [7, 11) is 0. The van der Waals surface area contributed by atoms with Gasteiger partial charge in [0.25, 0.3) is 5.91 Å². The van der Waals surface area contributed by atoms with E-state index < -0.39 is 0 Å². The zero-order chi connectivity index (χ0) is 12.5. The maximum absolute atomic E-state index is 12.1. The molecule has 3 nitrogen and oxygen atoms in total. The lowest BCUT2D eigenvalue weighted by Gasteiger charge is -2.28. The van der Waals surface area contributed by atoms with Gasteiger partial charge in [0, 0.05) is 24.0 Å². The van der Waals surface area contributed by atoms with Crippen molar-refractivity contribution >= 4 is 5.91 Å². The first-order valence-electron chi connectivity index (χ1n) is 6.95. The summed E-state index contributed by atoms with van der Waals surface area (Å²) in [5.74, 6) is 2.50. The van der Waals surface area contributed by atoms with E-state index in [0.29, 0.717) is 17.5 Å². The Bertz CT molecular complexity index is 431. The quantitative estimate of drug-likeness (QED) is 0.888. The number of carbonyl (C=O) groups excluding carboxylic acids is 1. The lowest BCUT2D eigenvalue weighted by Crippen LogP contribution is -2.40. The highest BCUT2D eigenvalue weighted by molar-refractivity contribution is 5.94. The summed E-state index contributed by atoms with van der Waals surface area (Å²) in [4.78, 5) is 16.0. The van der Waals surface area contributed by atoms with Gasteiger partial charge in [-0.05, 0) is 56.1 Å². The lowest BCUT2D eigenvalue weighted by molar-refractivity contribution is 0.0915. The molecule has 0 radical (unpaired) electrons. The van der Waals surface area contributed by atoms with Gasteiger partial charge in [0.15, 0.2) is 0 Å². The van der Waals surface area contributed by atoms with E-state index in [0.717, 1.165) is 11.8 Å². The fourth-order valence-electron chi connectivity index (χ4n) is 3.81. The van der Waals surface area contributed by atoms with E-state index in [-0.39, 0.29) is 5.91 Å². The van der Waals surface area contributed by atoms with Crippen LogP contribution in [0.5, 0.6) is 0 Å². The number of rotatable bonds is 3. The van der Waals surface area contributed by atoms with E-state index in [9.17, 15) is 4.79 Å². The number of fused-ring (bicyclic) bond motifs is 2. The van der Waals surface area contributed by atoms with Crippen molar-refractivity contribution in [2.75, 3.05) is 0 Å². The molecule has 1 N–H and O–H groups in total. The van der Waals surface area contributed by atoms with Crippen LogP contribution >= 0.6 is 0 Å². The van der Waals surface area contributed by atoms with Crippen LogP contribution in [0.2, 0.25) is 0 Å². The summed E-state index contributed by atoms with van der Waals surface area (Å²) in [5, 5.41) is 3.16. The number of carbonyl (C=O) groups is 1. The fourth-order valence-corrected chi connectivity index (χ4v) is 3.81. The number of nitrogens with zero attached hydrogens (tertiary/aromatic N) is 1. The van der Waals surface area contributed by atoms with Gasteiger partial charge in [-0.15, -0.1) is 0 Å². The zero-order valence-electron chi connectivity index (χ0n) is 10.8. The molecule has 3 rings (SSSR count). The summed E-state index contributed by atoms with van der Waals surface area (Å²) in [6.45, 7) is 2.16. The van der Waals surface area contributed by atoms with Crippen molar-refractivity contribution in [1.82, 2.24) is 10.3 Å². The van der Waals surface area contributed by atoms with E-state index in [1.807, 2.05) is 0 Å². The van der Waals surface area contributed by atoms with Gasteiger partial charge in [-0.3, -0.25) is 9.78 Å². The van der Waals surface area contributed by atoms with Crippen molar-refractivity contribution in [3.05, 3.63) is 30.1 Å². The average Bonchev–Trinajstić information content (AvgIpc) is 3.02. The Labute approximate surface area is 108 Å². The third kappa shape index (κ3) is 2.14. The second kappa shape index (κ2) is 4.71. The van der Waals surface area contributed by atoms with Crippen LogP contribution in [-0.2, 0) is 0 Å². The lowest BCUT2D eigenvalue weighted by atomic mass is 9.84. The third-order valence-electron chi connectivity index (χ3n) is 4.74. The molecule has 1 amide bonds. The summed E-state index contributed by atoms with van der Waals surface area (Å²) in [5.41, 5.74) is 0.708. The molecule has 1 aromatic rings. The Hall–Kier alpha value is -1.38. The molecule has 2 saturated carbocycles. The van der Waals surface area contributed by atoms with Crippen LogP contribution < -0.4 is 5.32 Å². The molecule has 2 aliphatic rings. The molecule has 3 heteroatoms. The molecule has 0 aromatic carbocycles. The molecule has 1 heterocycles. The number of hydrogen-bond acceptors (Lipinski definition) is 2. The number of hydrogen-bond donors (Lipinski definition) is 1. The van der Waals surface area contributed by atoms with Gasteiger partial charge >= 0.3 is 0 Å².